The Labute approximate surface area is 126 Å². The number of hydrogen-bond donors (Lipinski definition) is 0. The van der Waals surface area contributed by atoms with Gasteiger partial charge in [0.25, 0.3) is 0 Å². The molecule has 0 aromatic rings. The molecule has 0 radical (unpaired) electrons. The normalized spacial score (nSPS) is 26.1. The molecular weight excluding hydrogens is 264 g/mol. The van der Waals surface area contributed by atoms with E-state index in [0.717, 1.165) is 6.42 Å². The van der Waals surface area contributed by atoms with E-state index in [0.29, 0.717) is 30.3 Å². The zero-order valence-corrected chi connectivity index (χ0v) is 15.2. The third kappa shape index (κ3) is 6.25. The van der Waals surface area contributed by atoms with Crippen molar-refractivity contribution < 1.29 is 9.53 Å². The van der Waals surface area contributed by atoms with E-state index in [1.54, 1.807) is 0 Å². The minimum absolute atomic E-state index is 0.0289. The highest BCUT2D eigenvalue weighted by molar-refractivity contribution is 6.76. The molecule has 1 aliphatic rings. The summed E-state index contributed by atoms with van der Waals surface area (Å²) in [6, 6.07) is 1.23. The zero-order chi connectivity index (χ0) is 15.4. The number of ether oxygens (including phenoxy) is 1. The molecule has 0 aromatic carbocycles. The van der Waals surface area contributed by atoms with Crippen molar-refractivity contribution in [2.45, 2.75) is 65.7 Å². The molecule has 2 nitrogen and oxygen atoms in total. The summed E-state index contributed by atoms with van der Waals surface area (Å²) in [4.78, 5) is 11.7. The van der Waals surface area contributed by atoms with Crippen molar-refractivity contribution in [1.29, 1.82) is 0 Å². The van der Waals surface area contributed by atoms with Crippen molar-refractivity contribution in [2.24, 2.45) is 17.3 Å². The quantitative estimate of drug-likeness (QED) is 0.396. The Morgan fingerprint density at radius 3 is 2.50 bits per heavy atom. The summed E-state index contributed by atoms with van der Waals surface area (Å²) in [5, 5.41) is 0. The minimum Gasteiger partial charge on any atom is -0.466 e. The summed E-state index contributed by atoms with van der Waals surface area (Å²) >= 11 is 0. The SMILES string of the molecule is CCOC(=O)CC1CC(C)(C)C[C@H]1/C=C/C[Si](C)(C)C. The molecule has 1 saturated carbocycles. The van der Waals surface area contributed by atoms with Gasteiger partial charge in [-0.15, -0.1) is 0 Å². The first-order valence-electron chi connectivity index (χ1n) is 7.95. The Balaban J connectivity index is 2.63. The van der Waals surface area contributed by atoms with E-state index >= 15 is 0 Å². The van der Waals surface area contributed by atoms with Gasteiger partial charge in [-0.3, -0.25) is 4.79 Å². The van der Waals surface area contributed by atoms with Gasteiger partial charge in [0.2, 0.25) is 0 Å². The highest BCUT2D eigenvalue weighted by Crippen LogP contribution is 2.47. The van der Waals surface area contributed by atoms with Crippen LogP contribution in [0.5, 0.6) is 0 Å². The fourth-order valence-electron chi connectivity index (χ4n) is 3.23. The van der Waals surface area contributed by atoms with E-state index in [1.807, 2.05) is 6.92 Å². The van der Waals surface area contributed by atoms with Crippen LogP contribution in [0.15, 0.2) is 12.2 Å². The van der Waals surface area contributed by atoms with Crippen molar-refractivity contribution in [3.63, 3.8) is 0 Å². The standard InChI is InChI=1S/C17H32O2Si/c1-7-19-16(18)11-15-13-17(2,3)12-14(15)9-8-10-20(4,5)6/h8-9,14-15H,7,10-13H2,1-6H3/b9-8+/t14-,15?/m1/s1. The second-order valence-electron chi connectivity index (χ2n) is 8.20. The average Bonchev–Trinajstić information content (AvgIpc) is 2.51. The van der Waals surface area contributed by atoms with Gasteiger partial charge in [0.1, 0.15) is 0 Å². The molecule has 0 spiro atoms. The Morgan fingerprint density at radius 2 is 1.95 bits per heavy atom. The van der Waals surface area contributed by atoms with Crippen LogP contribution in [0.25, 0.3) is 0 Å². The maximum absolute atomic E-state index is 11.7. The molecule has 2 atom stereocenters. The lowest BCUT2D eigenvalue weighted by Crippen LogP contribution is -2.18. The average molecular weight is 297 g/mol. The molecule has 1 unspecified atom stereocenters. The Hall–Kier alpha value is -0.573. The van der Waals surface area contributed by atoms with Crippen LogP contribution >= 0.6 is 0 Å². The largest absolute Gasteiger partial charge is 0.466 e. The molecule has 3 heteroatoms. The zero-order valence-electron chi connectivity index (χ0n) is 14.2. The van der Waals surface area contributed by atoms with Gasteiger partial charge in [0, 0.05) is 14.5 Å². The van der Waals surface area contributed by atoms with Crippen molar-refractivity contribution in [1.82, 2.24) is 0 Å². The molecular formula is C17H32O2Si. The monoisotopic (exact) mass is 296 g/mol. The predicted molar refractivity (Wildman–Crippen MR) is 88.5 cm³/mol. The van der Waals surface area contributed by atoms with Gasteiger partial charge in [0.15, 0.2) is 0 Å². The van der Waals surface area contributed by atoms with Crippen LogP contribution in [0.4, 0.5) is 0 Å². The number of hydrogen-bond acceptors (Lipinski definition) is 2. The van der Waals surface area contributed by atoms with Crippen LogP contribution in [-0.4, -0.2) is 20.7 Å². The molecule has 0 aliphatic heterocycles. The fourth-order valence-corrected chi connectivity index (χ4v) is 4.07. The summed E-state index contributed by atoms with van der Waals surface area (Å²) in [6.45, 7) is 14.2. The summed E-state index contributed by atoms with van der Waals surface area (Å²) in [7, 11) is -1.01. The van der Waals surface area contributed by atoms with E-state index < -0.39 is 8.07 Å². The molecule has 0 heterocycles. The molecule has 1 aliphatic carbocycles. The van der Waals surface area contributed by atoms with Crippen LogP contribution in [0, 0.1) is 17.3 Å². The molecule has 1 rings (SSSR count). The van der Waals surface area contributed by atoms with E-state index in [-0.39, 0.29) is 5.97 Å². The Morgan fingerprint density at radius 1 is 1.30 bits per heavy atom. The Bertz CT molecular complexity index is 352. The smallest absolute Gasteiger partial charge is 0.306 e. The van der Waals surface area contributed by atoms with E-state index in [4.69, 9.17) is 4.74 Å². The first-order chi connectivity index (χ1) is 9.13. The number of rotatable bonds is 6. The molecule has 0 bridgehead atoms. The van der Waals surface area contributed by atoms with Crippen LogP contribution in [0.1, 0.15) is 40.0 Å². The molecule has 116 valence electrons. The highest BCUT2D eigenvalue weighted by Gasteiger charge is 2.38. The maximum Gasteiger partial charge on any atom is 0.306 e. The lowest BCUT2D eigenvalue weighted by Gasteiger charge is -2.16. The van der Waals surface area contributed by atoms with Crippen LogP contribution in [-0.2, 0) is 9.53 Å². The van der Waals surface area contributed by atoms with Crippen molar-refractivity contribution in [3.8, 4) is 0 Å². The predicted octanol–water partition coefficient (Wildman–Crippen LogP) is 4.89. The third-order valence-corrected chi connectivity index (χ3v) is 5.52. The van der Waals surface area contributed by atoms with E-state index in [2.05, 4.69) is 45.6 Å². The van der Waals surface area contributed by atoms with Gasteiger partial charge in [-0.1, -0.05) is 45.6 Å². The second kappa shape index (κ2) is 6.93. The van der Waals surface area contributed by atoms with Gasteiger partial charge in [-0.25, -0.2) is 0 Å². The number of carbonyl (C=O) groups excluding carboxylic acids is 1. The highest BCUT2D eigenvalue weighted by atomic mass is 28.3. The van der Waals surface area contributed by atoms with Crippen LogP contribution in [0.3, 0.4) is 0 Å². The summed E-state index contributed by atoms with van der Waals surface area (Å²) in [5.74, 6) is 0.978. The van der Waals surface area contributed by atoms with E-state index in [1.165, 1.54) is 12.5 Å². The third-order valence-electron chi connectivity index (χ3n) is 4.06. The second-order valence-corrected chi connectivity index (χ2v) is 13.7. The maximum atomic E-state index is 11.7. The van der Waals surface area contributed by atoms with Crippen LogP contribution in [0.2, 0.25) is 25.7 Å². The first-order valence-corrected chi connectivity index (χ1v) is 11.7. The molecule has 0 amide bonds. The number of carbonyl (C=O) groups is 1. The molecule has 20 heavy (non-hydrogen) atoms. The molecule has 0 saturated heterocycles. The molecule has 0 aromatic heterocycles. The summed E-state index contributed by atoms with van der Waals surface area (Å²) in [6.07, 6.45) is 7.67. The Kier molecular flexibility index (Phi) is 6.05. The van der Waals surface area contributed by atoms with Crippen molar-refractivity contribution in [2.75, 3.05) is 6.61 Å². The lowest BCUT2D eigenvalue weighted by molar-refractivity contribution is -0.144. The van der Waals surface area contributed by atoms with E-state index in [9.17, 15) is 4.79 Å². The van der Waals surface area contributed by atoms with Gasteiger partial charge < -0.3 is 4.74 Å². The lowest BCUT2D eigenvalue weighted by atomic mass is 9.90. The topological polar surface area (TPSA) is 26.3 Å². The van der Waals surface area contributed by atoms with Crippen LogP contribution < -0.4 is 0 Å². The van der Waals surface area contributed by atoms with Crippen molar-refractivity contribution >= 4 is 14.0 Å². The summed E-state index contributed by atoms with van der Waals surface area (Å²) in [5.41, 5.74) is 0.353. The summed E-state index contributed by atoms with van der Waals surface area (Å²) < 4.78 is 5.12. The van der Waals surface area contributed by atoms with Gasteiger partial charge in [0.05, 0.1) is 6.61 Å². The van der Waals surface area contributed by atoms with Crippen molar-refractivity contribution in [3.05, 3.63) is 12.2 Å². The number of allylic oxidation sites excluding steroid dienone is 2. The minimum atomic E-state index is -1.01. The van der Waals surface area contributed by atoms with Gasteiger partial charge in [-0.05, 0) is 43.1 Å². The first kappa shape index (κ1) is 17.5. The fraction of sp³-hybridized carbons (Fsp3) is 0.824. The van der Waals surface area contributed by atoms with Gasteiger partial charge >= 0.3 is 5.97 Å². The molecule has 1 fully saturated rings. The number of esters is 1. The molecule has 0 N–H and O–H groups in total. The van der Waals surface area contributed by atoms with Gasteiger partial charge in [-0.2, -0.15) is 0 Å².